The number of alkyl halides is 1. The maximum atomic E-state index is 11.2. The lowest BCUT2D eigenvalue weighted by Crippen LogP contribution is -1.99. The average molecular weight is 194 g/mol. The number of H-pyrrole nitrogens is 1. The SMILES string of the molecule is O=C(CCl)c1ccc2[nH]ccc2c1. The zero-order chi connectivity index (χ0) is 9.26. The highest BCUT2D eigenvalue weighted by Gasteiger charge is 2.04. The number of hydrogen-bond acceptors (Lipinski definition) is 1. The number of benzene rings is 1. The lowest BCUT2D eigenvalue weighted by molar-refractivity contribution is 0.102. The van der Waals surface area contributed by atoms with Crippen molar-refractivity contribution >= 4 is 28.3 Å². The Labute approximate surface area is 80.5 Å². The Kier molecular flexibility index (Phi) is 2.07. The van der Waals surface area contributed by atoms with E-state index < -0.39 is 0 Å². The molecule has 3 heteroatoms. The molecule has 0 spiro atoms. The molecule has 2 rings (SSSR count). The molecule has 1 heterocycles. The summed E-state index contributed by atoms with van der Waals surface area (Å²) in [5.41, 5.74) is 1.70. The first-order chi connectivity index (χ1) is 6.31. The summed E-state index contributed by atoms with van der Waals surface area (Å²) in [6.45, 7) is 0. The Bertz CT molecular complexity index is 447. The molecule has 0 saturated heterocycles. The second-order valence-corrected chi connectivity index (χ2v) is 3.10. The summed E-state index contributed by atoms with van der Waals surface area (Å²) in [6.07, 6.45) is 1.85. The normalized spacial score (nSPS) is 10.5. The standard InChI is InChI=1S/C10H8ClNO/c11-6-10(13)8-1-2-9-7(5-8)3-4-12-9/h1-5,12H,6H2. The van der Waals surface area contributed by atoms with Gasteiger partial charge in [-0.3, -0.25) is 4.79 Å². The van der Waals surface area contributed by atoms with Crippen LogP contribution in [0, 0.1) is 0 Å². The van der Waals surface area contributed by atoms with Gasteiger partial charge in [-0.15, -0.1) is 11.6 Å². The Hall–Kier alpha value is -1.28. The van der Waals surface area contributed by atoms with E-state index in [1.54, 1.807) is 6.07 Å². The van der Waals surface area contributed by atoms with Crippen LogP contribution in [0.25, 0.3) is 10.9 Å². The molecule has 0 saturated carbocycles. The van der Waals surface area contributed by atoms with E-state index in [9.17, 15) is 4.79 Å². The first-order valence-electron chi connectivity index (χ1n) is 3.97. The van der Waals surface area contributed by atoms with Crippen LogP contribution in [0.3, 0.4) is 0 Å². The van der Waals surface area contributed by atoms with E-state index >= 15 is 0 Å². The largest absolute Gasteiger partial charge is 0.361 e. The van der Waals surface area contributed by atoms with Crippen LogP contribution in [0.1, 0.15) is 10.4 Å². The molecule has 1 aromatic heterocycles. The van der Waals surface area contributed by atoms with Crippen molar-refractivity contribution in [3.63, 3.8) is 0 Å². The van der Waals surface area contributed by atoms with Gasteiger partial charge in [0.15, 0.2) is 5.78 Å². The third-order valence-electron chi connectivity index (χ3n) is 2.00. The predicted molar refractivity (Wildman–Crippen MR) is 53.3 cm³/mol. The number of aromatic nitrogens is 1. The highest BCUT2D eigenvalue weighted by molar-refractivity contribution is 6.30. The molecule has 2 nitrogen and oxygen atoms in total. The second kappa shape index (κ2) is 3.23. The van der Waals surface area contributed by atoms with Gasteiger partial charge in [0.2, 0.25) is 0 Å². The quantitative estimate of drug-likeness (QED) is 0.577. The third kappa shape index (κ3) is 1.45. The molecule has 13 heavy (non-hydrogen) atoms. The van der Waals surface area contributed by atoms with E-state index in [-0.39, 0.29) is 11.7 Å². The summed E-state index contributed by atoms with van der Waals surface area (Å²) in [4.78, 5) is 14.3. The first-order valence-corrected chi connectivity index (χ1v) is 4.51. The van der Waals surface area contributed by atoms with Crippen LogP contribution in [0.5, 0.6) is 0 Å². The zero-order valence-electron chi connectivity index (χ0n) is 6.88. The maximum absolute atomic E-state index is 11.2. The van der Waals surface area contributed by atoms with Crippen molar-refractivity contribution in [2.75, 3.05) is 5.88 Å². The van der Waals surface area contributed by atoms with E-state index in [1.807, 2.05) is 24.4 Å². The van der Waals surface area contributed by atoms with Crippen LogP contribution < -0.4 is 0 Å². The number of nitrogens with one attached hydrogen (secondary N) is 1. The van der Waals surface area contributed by atoms with E-state index in [0.717, 1.165) is 10.9 Å². The number of carbonyl (C=O) groups excluding carboxylic acids is 1. The van der Waals surface area contributed by atoms with E-state index in [1.165, 1.54) is 0 Å². The fourth-order valence-electron chi connectivity index (χ4n) is 1.30. The van der Waals surface area contributed by atoms with Crippen molar-refractivity contribution < 1.29 is 4.79 Å². The fourth-order valence-corrected chi connectivity index (χ4v) is 1.46. The minimum atomic E-state index is -0.0373. The highest BCUT2D eigenvalue weighted by atomic mass is 35.5. The number of carbonyl (C=O) groups is 1. The molecule has 1 aromatic carbocycles. The van der Waals surface area contributed by atoms with Crippen molar-refractivity contribution in [1.29, 1.82) is 0 Å². The maximum Gasteiger partial charge on any atom is 0.177 e. The molecule has 0 bridgehead atoms. The number of hydrogen-bond donors (Lipinski definition) is 1. The number of aromatic amines is 1. The van der Waals surface area contributed by atoms with Gasteiger partial charge >= 0.3 is 0 Å². The van der Waals surface area contributed by atoms with Crippen molar-refractivity contribution in [3.05, 3.63) is 36.0 Å². The summed E-state index contributed by atoms with van der Waals surface area (Å²) >= 11 is 5.45. The van der Waals surface area contributed by atoms with Gasteiger partial charge in [0.25, 0.3) is 0 Å². The Balaban J connectivity index is 2.54. The number of Topliss-reactive ketones (excluding diaryl/α,β-unsaturated/α-hetero) is 1. The first kappa shape index (κ1) is 8.32. The predicted octanol–water partition coefficient (Wildman–Crippen LogP) is 2.59. The monoisotopic (exact) mass is 193 g/mol. The molecule has 0 aliphatic carbocycles. The van der Waals surface area contributed by atoms with Crippen LogP contribution in [-0.2, 0) is 0 Å². The fraction of sp³-hybridized carbons (Fsp3) is 0.100. The van der Waals surface area contributed by atoms with Crippen molar-refractivity contribution in [3.8, 4) is 0 Å². The van der Waals surface area contributed by atoms with Gasteiger partial charge in [-0.25, -0.2) is 0 Å². The molecule has 0 aliphatic heterocycles. The van der Waals surface area contributed by atoms with Crippen LogP contribution in [0.2, 0.25) is 0 Å². The summed E-state index contributed by atoms with van der Waals surface area (Å²) in [7, 11) is 0. The molecular formula is C10H8ClNO. The van der Waals surface area contributed by atoms with Crippen LogP contribution in [0.4, 0.5) is 0 Å². The molecule has 0 atom stereocenters. The van der Waals surface area contributed by atoms with Gasteiger partial charge in [-0.1, -0.05) is 0 Å². The van der Waals surface area contributed by atoms with Crippen LogP contribution in [-0.4, -0.2) is 16.6 Å². The van der Waals surface area contributed by atoms with Crippen molar-refractivity contribution in [2.45, 2.75) is 0 Å². The summed E-state index contributed by atoms with van der Waals surface area (Å²) < 4.78 is 0. The Morgan fingerprint density at radius 2 is 2.23 bits per heavy atom. The van der Waals surface area contributed by atoms with Gasteiger partial charge in [-0.2, -0.15) is 0 Å². The number of rotatable bonds is 2. The Morgan fingerprint density at radius 1 is 1.38 bits per heavy atom. The molecule has 0 aliphatic rings. The second-order valence-electron chi connectivity index (χ2n) is 2.84. The third-order valence-corrected chi connectivity index (χ3v) is 2.24. The minimum absolute atomic E-state index is 0.0373. The van der Waals surface area contributed by atoms with E-state index in [2.05, 4.69) is 4.98 Å². The zero-order valence-corrected chi connectivity index (χ0v) is 7.64. The highest BCUT2D eigenvalue weighted by Crippen LogP contribution is 2.14. The molecular weight excluding hydrogens is 186 g/mol. The average Bonchev–Trinajstić information content (AvgIpc) is 2.63. The summed E-state index contributed by atoms with van der Waals surface area (Å²) in [5.74, 6) is 0.000375. The topological polar surface area (TPSA) is 32.9 Å². The van der Waals surface area contributed by atoms with Gasteiger partial charge in [0.05, 0.1) is 5.88 Å². The molecule has 1 N–H and O–H groups in total. The molecule has 0 amide bonds. The molecule has 0 radical (unpaired) electrons. The van der Waals surface area contributed by atoms with E-state index in [0.29, 0.717) is 5.56 Å². The smallest absolute Gasteiger partial charge is 0.177 e. The van der Waals surface area contributed by atoms with Gasteiger partial charge in [-0.05, 0) is 24.3 Å². The molecule has 66 valence electrons. The lowest BCUT2D eigenvalue weighted by atomic mass is 10.1. The van der Waals surface area contributed by atoms with Gasteiger partial charge < -0.3 is 4.98 Å². The Morgan fingerprint density at radius 3 is 3.00 bits per heavy atom. The molecule has 0 fully saturated rings. The molecule has 2 aromatic rings. The number of fused-ring (bicyclic) bond motifs is 1. The van der Waals surface area contributed by atoms with E-state index in [4.69, 9.17) is 11.6 Å². The summed E-state index contributed by atoms with van der Waals surface area (Å²) in [6, 6.07) is 7.44. The molecule has 0 unspecified atom stereocenters. The number of halogens is 1. The summed E-state index contributed by atoms with van der Waals surface area (Å²) in [5, 5.41) is 1.04. The van der Waals surface area contributed by atoms with Crippen molar-refractivity contribution in [2.24, 2.45) is 0 Å². The van der Waals surface area contributed by atoms with Gasteiger partial charge in [0, 0.05) is 22.7 Å². The lowest BCUT2D eigenvalue weighted by Gasteiger charge is -1.96. The van der Waals surface area contributed by atoms with Crippen LogP contribution in [0.15, 0.2) is 30.5 Å². The van der Waals surface area contributed by atoms with Crippen LogP contribution >= 0.6 is 11.6 Å². The van der Waals surface area contributed by atoms with Crippen molar-refractivity contribution in [1.82, 2.24) is 4.98 Å². The van der Waals surface area contributed by atoms with Gasteiger partial charge in [0.1, 0.15) is 0 Å². The minimum Gasteiger partial charge on any atom is -0.361 e. The number of ketones is 1.